The molecule has 0 spiro atoms. The number of carbonyl (C=O) groups excluding carboxylic acids is 1. The number of aromatic nitrogens is 1. The van der Waals surface area contributed by atoms with Gasteiger partial charge in [-0.05, 0) is 29.8 Å². The second-order valence-corrected chi connectivity index (χ2v) is 6.81. The fourth-order valence-electron chi connectivity index (χ4n) is 2.20. The van der Waals surface area contributed by atoms with Gasteiger partial charge < -0.3 is 9.73 Å². The molecule has 24 heavy (non-hydrogen) atoms. The SMILES string of the molecule is O=C(C[NH2+]Cc1ccco1)Nc1ncc(Cc2ccc(Cl)cc2)s1. The van der Waals surface area contributed by atoms with Gasteiger partial charge in [0.05, 0.1) is 6.26 Å². The first-order valence-corrected chi connectivity index (χ1v) is 8.71. The van der Waals surface area contributed by atoms with E-state index in [0.717, 1.165) is 27.6 Å². The van der Waals surface area contributed by atoms with E-state index >= 15 is 0 Å². The average Bonchev–Trinajstić information content (AvgIpc) is 3.22. The van der Waals surface area contributed by atoms with E-state index in [9.17, 15) is 4.79 Å². The van der Waals surface area contributed by atoms with Gasteiger partial charge in [0, 0.05) is 22.5 Å². The monoisotopic (exact) mass is 362 g/mol. The minimum atomic E-state index is -0.0750. The Labute approximate surface area is 148 Å². The van der Waals surface area contributed by atoms with E-state index in [1.165, 1.54) is 11.3 Å². The van der Waals surface area contributed by atoms with Crippen molar-refractivity contribution in [3.63, 3.8) is 0 Å². The molecule has 0 aliphatic heterocycles. The minimum Gasteiger partial charge on any atom is -0.463 e. The van der Waals surface area contributed by atoms with Gasteiger partial charge in [0.2, 0.25) is 0 Å². The number of anilines is 1. The molecule has 3 rings (SSSR count). The molecular weight excluding hydrogens is 346 g/mol. The van der Waals surface area contributed by atoms with Crippen LogP contribution in [0.15, 0.2) is 53.3 Å². The molecule has 2 heterocycles. The van der Waals surface area contributed by atoms with Crippen molar-refractivity contribution in [2.24, 2.45) is 0 Å². The van der Waals surface area contributed by atoms with Gasteiger partial charge >= 0.3 is 0 Å². The molecule has 0 unspecified atom stereocenters. The first-order chi connectivity index (χ1) is 11.7. The van der Waals surface area contributed by atoms with E-state index in [4.69, 9.17) is 16.0 Å². The van der Waals surface area contributed by atoms with Crippen molar-refractivity contribution in [1.82, 2.24) is 4.98 Å². The number of amides is 1. The summed E-state index contributed by atoms with van der Waals surface area (Å²) in [6.07, 6.45) is 4.19. The fraction of sp³-hybridized carbons (Fsp3) is 0.176. The molecule has 1 amide bonds. The Morgan fingerprint density at radius 1 is 1.29 bits per heavy atom. The lowest BCUT2D eigenvalue weighted by atomic mass is 10.1. The molecule has 0 aliphatic rings. The molecule has 3 N–H and O–H groups in total. The topological polar surface area (TPSA) is 71.7 Å². The molecule has 124 valence electrons. The van der Waals surface area contributed by atoms with Crippen LogP contribution in [0.3, 0.4) is 0 Å². The van der Waals surface area contributed by atoms with Crippen molar-refractivity contribution >= 4 is 34.0 Å². The molecule has 0 atom stereocenters. The summed E-state index contributed by atoms with van der Waals surface area (Å²) in [7, 11) is 0. The fourth-order valence-corrected chi connectivity index (χ4v) is 3.18. The normalized spacial score (nSPS) is 10.7. The lowest BCUT2D eigenvalue weighted by Gasteiger charge is -2.00. The van der Waals surface area contributed by atoms with Gasteiger partial charge in [-0.15, -0.1) is 11.3 Å². The van der Waals surface area contributed by atoms with E-state index in [-0.39, 0.29) is 5.91 Å². The molecule has 7 heteroatoms. The quantitative estimate of drug-likeness (QED) is 0.678. The first kappa shape index (κ1) is 16.7. The Hall–Kier alpha value is -2.15. The van der Waals surface area contributed by atoms with Crippen molar-refractivity contribution in [3.05, 3.63) is 70.1 Å². The predicted octanol–water partition coefficient (Wildman–Crippen LogP) is 2.68. The summed E-state index contributed by atoms with van der Waals surface area (Å²) in [6, 6.07) is 11.4. The van der Waals surface area contributed by atoms with Gasteiger partial charge in [0.15, 0.2) is 17.4 Å². The number of benzene rings is 1. The predicted molar refractivity (Wildman–Crippen MR) is 94.2 cm³/mol. The van der Waals surface area contributed by atoms with Crippen LogP contribution in [-0.4, -0.2) is 17.4 Å². The van der Waals surface area contributed by atoms with Crippen molar-refractivity contribution < 1.29 is 14.5 Å². The lowest BCUT2D eigenvalue weighted by molar-refractivity contribution is -0.661. The summed E-state index contributed by atoms with van der Waals surface area (Å²) < 4.78 is 5.22. The maximum Gasteiger partial charge on any atom is 0.281 e. The highest BCUT2D eigenvalue weighted by Gasteiger charge is 2.09. The van der Waals surface area contributed by atoms with Crippen molar-refractivity contribution in [1.29, 1.82) is 0 Å². The van der Waals surface area contributed by atoms with E-state index < -0.39 is 0 Å². The highest BCUT2D eigenvalue weighted by molar-refractivity contribution is 7.15. The molecule has 1 aromatic carbocycles. The van der Waals surface area contributed by atoms with Crippen molar-refractivity contribution in [2.45, 2.75) is 13.0 Å². The first-order valence-electron chi connectivity index (χ1n) is 7.52. The third kappa shape index (κ3) is 4.92. The maximum absolute atomic E-state index is 11.9. The molecule has 0 radical (unpaired) electrons. The smallest absolute Gasteiger partial charge is 0.281 e. The Morgan fingerprint density at radius 2 is 2.12 bits per heavy atom. The zero-order valence-electron chi connectivity index (χ0n) is 12.9. The van der Waals surface area contributed by atoms with Crippen LogP contribution >= 0.6 is 22.9 Å². The van der Waals surface area contributed by atoms with Gasteiger partial charge in [0.1, 0.15) is 6.54 Å². The van der Waals surface area contributed by atoms with Gasteiger partial charge in [-0.25, -0.2) is 4.98 Å². The molecule has 0 saturated carbocycles. The van der Waals surface area contributed by atoms with E-state index in [2.05, 4.69) is 10.3 Å². The minimum absolute atomic E-state index is 0.0750. The molecule has 2 aromatic heterocycles. The summed E-state index contributed by atoms with van der Waals surface area (Å²) in [6.45, 7) is 0.965. The summed E-state index contributed by atoms with van der Waals surface area (Å²) >= 11 is 7.37. The molecule has 0 fully saturated rings. The Bertz CT molecular complexity index is 785. The summed E-state index contributed by atoms with van der Waals surface area (Å²) in [5, 5.41) is 6.05. The van der Waals surface area contributed by atoms with Crippen LogP contribution in [0.2, 0.25) is 5.02 Å². The number of nitrogens with one attached hydrogen (secondary N) is 1. The van der Waals surface area contributed by atoms with Crippen LogP contribution in [0.1, 0.15) is 16.2 Å². The number of hydrogen-bond acceptors (Lipinski definition) is 4. The van der Waals surface area contributed by atoms with Crippen molar-refractivity contribution in [2.75, 3.05) is 11.9 Å². The number of quaternary nitrogens is 1. The number of hydrogen-bond donors (Lipinski definition) is 2. The number of nitrogens with zero attached hydrogens (tertiary/aromatic N) is 1. The molecule has 0 aliphatic carbocycles. The van der Waals surface area contributed by atoms with E-state index in [1.807, 2.05) is 41.7 Å². The standard InChI is InChI=1S/C17H16ClN3O2S/c18-13-5-3-12(4-6-13)8-15-10-20-17(24-15)21-16(22)11-19-9-14-2-1-7-23-14/h1-7,10,19H,8-9,11H2,(H,20,21,22)/p+1. The van der Waals surface area contributed by atoms with Gasteiger partial charge in [-0.2, -0.15) is 0 Å². The molecule has 5 nitrogen and oxygen atoms in total. The van der Waals surface area contributed by atoms with E-state index in [0.29, 0.717) is 18.2 Å². The van der Waals surface area contributed by atoms with Crippen molar-refractivity contribution in [3.8, 4) is 0 Å². The molecule has 0 saturated heterocycles. The Kier molecular flexibility index (Phi) is 5.63. The number of furan rings is 1. The van der Waals surface area contributed by atoms with Crippen LogP contribution < -0.4 is 10.6 Å². The third-order valence-electron chi connectivity index (χ3n) is 3.35. The van der Waals surface area contributed by atoms with Crippen LogP contribution in [0.25, 0.3) is 0 Å². The number of carbonyl (C=O) groups is 1. The summed E-state index contributed by atoms with van der Waals surface area (Å²) in [5.41, 5.74) is 1.16. The largest absolute Gasteiger partial charge is 0.463 e. The number of nitrogens with two attached hydrogens (primary N) is 1. The average molecular weight is 363 g/mol. The third-order valence-corrected chi connectivity index (χ3v) is 4.51. The number of thiazole rings is 1. The summed E-state index contributed by atoms with van der Waals surface area (Å²) in [4.78, 5) is 17.3. The maximum atomic E-state index is 11.9. The Morgan fingerprint density at radius 3 is 2.88 bits per heavy atom. The van der Waals surface area contributed by atoms with Gasteiger partial charge in [-0.3, -0.25) is 10.1 Å². The number of rotatable bonds is 7. The van der Waals surface area contributed by atoms with Crippen LogP contribution in [-0.2, 0) is 17.8 Å². The van der Waals surface area contributed by atoms with Crippen LogP contribution in [0, 0.1) is 0 Å². The second kappa shape index (κ2) is 8.10. The van der Waals surface area contributed by atoms with Crippen LogP contribution in [0.5, 0.6) is 0 Å². The zero-order valence-corrected chi connectivity index (χ0v) is 14.4. The highest BCUT2D eigenvalue weighted by atomic mass is 35.5. The Balaban J connectivity index is 1.46. The lowest BCUT2D eigenvalue weighted by Crippen LogP contribution is -2.84. The molecule has 0 bridgehead atoms. The highest BCUT2D eigenvalue weighted by Crippen LogP contribution is 2.21. The zero-order chi connectivity index (χ0) is 16.8. The molecule has 3 aromatic rings. The van der Waals surface area contributed by atoms with E-state index in [1.54, 1.807) is 12.5 Å². The number of halogens is 1. The second-order valence-electron chi connectivity index (χ2n) is 5.26. The van der Waals surface area contributed by atoms with Crippen LogP contribution in [0.4, 0.5) is 5.13 Å². The van der Waals surface area contributed by atoms with Gasteiger partial charge in [-0.1, -0.05) is 23.7 Å². The summed E-state index contributed by atoms with van der Waals surface area (Å²) in [5.74, 6) is 0.774. The van der Waals surface area contributed by atoms with Gasteiger partial charge in [0.25, 0.3) is 5.91 Å². The molecular formula is C17H17ClN3O2S+.